The van der Waals surface area contributed by atoms with Gasteiger partial charge >= 0.3 is 0 Å². The fraction of sp³-hybridized carbons (Fsp3) is 0.150. The van der Waals surface area contributed by atoms with Crippen LogP contribution in [0.25, 0.3) is 11.3 Å². The number of thiazole rings is 2. The Morgan fingerprint density at radius 2 is 1.72 bits per heavy atom. The Labute approximate surface area is 175 Å². The predicted octanol–water partition coefficient (Wildman–Crippen LogP) is 4.98. The molecule has 0 fully saturated rings. The molecule has 1 aromatic carbocycles. The zero-order chi connectivity index (χ0) is 20.4. The van der Waals surface area contributed by atoms with Crippen molar-refractivity contribution in [2.45, 2.75) is 20.8 Å². The van der Waals surface area contributed by atoms with Crippen LogP contribution in [0.1, 0.15) is 26.9 Å². The number of aryl methyl sites for hydroxylation is 3. The van der Waals surface area contributed by atoms with E-state index in [2.05, 4.69) is 30.6 Å². The molecule has 1 amide bonds. The summed E-state index contributed by atoms with van der Waals surface area (Å²) in [6, 6.07) is 9.51. The summed E-state index contributed by atoms with van der Waals surface area (Å²) >= 11 is 2.92. The van der Waals surface area contributed by atoms with Crippen LogP contribution >= 0.6 is 22.7 Å². The highest BCUT2D eigenvalue weighted by molar-refractivity contribution is 7.14. The summed E-state index contributed by atoms with van der Waals surface area (Å²) in [6.45, 7) is 5.78. The molecule has 0 aliphatic rings. The van der Waals surface area contributed by atoms with E-state index in [1.165, 1.54) is 11.3 Å². The summed E-state index contributed by atoms with van der Waals surface area (Å²) < 4.78 is 0. The van der Waals surface area contributed by atoms with Crippen molar-refractivity contribution >= 4 is 45.3 Å². The largest absolute Gasteiger partial charge is 0.321 e. The van der Waals surface area contributed by atoms with Crippen molar-refractivity contribution in [3.05, 3.63) is 63.2 Å². The van der Waals surface area contributed by atoms with Crippen molar-refractivity contribution in [3.63, 3.8) is 0 Å². The number of hydrogen-bond acceptors (Lipinski definition) is 8. The van der Waals surface area contributed by atoms with E-state index >= 15 is 0 Å². The summed E-state index contributed by atoms with van der Waals surface area (Å²) in [5.41, 5.74) is 4.61. The first-order valence-corrected chi connectivity index (χ1v) is 10.6. The number of nitrogens with one attached hydrogen (secondary N) is 2. The van der Waals surface area contributed by atoms with E-state index < -0.39 is 0 Å². The van der Waals surface area contributed by atoms with E-state index in [0.717, 1.165) is 27.7 Å². The molecule has 0 aliphatic heterocycles. The Bertz CT molecular complexity index is 1160. The molecule has 0 unspecified atom stereocenters. The Kier molecular flexibility index (Phi) is 5.32. The fourth-order valence-electron chi connectivity index (χ4n) is 2.76. The molecule has 9 heteroatoms. The molecule has 3 aromatic heterocycles. The van der Waals surface area contributed by atoms with E-state index in [-0.39, 0.29) is 5.91 Å². The summed E-state index contributed by atoms with van der Waals surface area (Å²) in [6.07, 6.45) is 0. The Balaban J connectivity index is 1.47. The van der Waals surface area contributed by atoms with Gasteiger partial charge in [0.1, 0.15) is 5.69 Å². The number of anilines is 3. The topological polar surface area (TPSA) is 92.7 Å². The van der Waals surface area contributed by atoms with Crippen LogP contribution in [0.2, 0.25) is 0 Å². The van der Waals surface area contributed by atoms with Gasteiger partial charge in [-0.1, -0.05) is 12.1 Å². The molecule has 0 aliphatic carbocycles. The van der Waals surface area contributed by atoms with Crippen molar-refractivity contribution < 1.29 is 4.79 Å². The van der Waals surface area contributed by atoms with Gasteiger partial charge in [-0.2, -0.15) is 0 Å². The molecule has 0 spiro atoms. The molecule has 3 heterocycles. The van der Waals surface area contributed by atoms with E-state index in [1.54, 1.807) is 16.7 Å². The van der Waals surface area contributed by atoms with Crippen LogP contribution in [0.3, 0.4) is 0 Å². The third-order valence-electron chi connectivity index (χ3n) is 3.97. The van der Waals surface area contributed by atoms with Crippen LogP contribution in [0, 0.1) is 20.8 Å². The van der Waals surface area contributed by atoms with Crippen molar-refractivity contribution in [3.8, 4) is 11.3 Å². The highest BCUT2D eigenvalue weighted by Crippen LogP contribution is 2.25. The number of nitrogens with zero attached hydrogens (tertiary/aromatic N) is 4. The van der Waals surface area contributed by atoms with Gasteiger partial charge in [0, 0.05) is 33.4 Å². The van der Waals surface area contributed by atoms with E-state index in [1.807, 2.05) is 56.5 Å². The standard InChI is InChI=1S/C20H18N6OS2/c1-11-7-12(2)22-19(21-11)26-20-25-17(10-29-20)18(27)24-15-6-4-5-14(8-15)16-9-28-13(3)23-16/h4-10H,1-3H3,(H,24,27)(H,21,22,25,26). The molecule has 4 rings (SSSR count). The molecule has 7 nitrogen and oxygen atoms in total. The Morgan fingerprint density at radius 3 is 2.45 bits per heavy atom. The molecule has 0 bridgehead atoms. The molecule has 4 aromatic rings. The van der Waals surface area contributed by atoms with Crippen LogP contribution in [0.15, 0.2) is 41.1 Å². The van der Waals surface area contributed by atoms with Gasteiger partial charge in [-0.05, 0) is 39.0 Å². The SMILES string of the molecule is Cc1cc(C)nc(Nc2nc(C(=O)Nc3cccc(-c4csc(C)n4)c3)cs2)n1. The summed E-state index contributed by atoms with van der Waals surface area (Å²) in [5.74, 6) is 0.192. The minimum absolute atomic E-state index is 0.276. The number of amides is 1. The fourth-order valence-corrected chi connectivity index (χ4v) is 4.07. The number of hydrogen-bond donors (Lipinski definition) is 2. The lowest BCUT2D eigenvalue weighted by Crippen LogP contribution is -2.12. The molecule has 0 saturated heterocycles. The molecule has 0 atom stereocenters. The van der Waals surface area contributed by atoms with Gasteiger partial charge in [-0.3, -0.25) is 4.79 Å². The van der Waals surface area contributed by atoms with Gasteiger partial charge in [0.25, 0.3) is 5.91 Å². The molecular formula is C20H18N6OS2. The second kappa shape index (κ2) is 8.06. The lowest BCUT2D eigenvalue weighted by Gasteiger charge is -2.05. The first-order chi connectivity index (χ1) is 14.0. The third kappa shape index (κ3) is 4.64. The van der Waals surface area contributed by atoms with Crippen molar-refractivity contribution in [1.82, 2.24) is 19.9 Å². The molecule has 0 radical (unpaired) electrons. The average Bonchev–Trinajstić information content (AvgIpc) is 3.30. The van der Waals surface area contributed by atoms with Gasteiger partial charge in [0.05, 0.1) is 10.7 Å². The lowest BCUT2D eigenvalue weighted by atomic mass is 10.1. The first kappa shape index (κ1) is 19.2. The highest BCUT2D eigenvalue weighted by atomic mass is 32.1. The van der Waals surface area contributed by atoms with E-state index in [4.69, 9.17) is 0 Å². The normalized spacial score (nSPS) is 10.7. The second-order valence-electron chi connectivity index (χ2n) is 6.42. The van der Waals surface area contributed by atoms with Crippen LogP contribution < -0.4 is 10.6 Å². The molecule has 0 saturated carbocycles. The van der Waals surface area contributed by atoms with Crippen molar-refractivity contribution in [2.24, 2.45) is 0 Å². The average molecular weight is 423 g/mol. The Hall–Kier alpha value is -3.17. The second-order valence-corrected chi connectivity index (χ2v) is 8.34. The highest BCUT2D eigenvalue weighted by Gasteiger charge is 2.13. The predicted molar refractivity (Wildman–Crippen MR) is 117 cm³/mol. The monoisotopic (exact) mass is 422 g/mol. The van der Waals surface area contributed by atoms with E-state index in [0.29, 0.717) is 22.5 Å². The molecule has 2 N–H and O–H groups in total. The molecule has 29 heavy (non-hydrogen) atoms. The van der Waals surface area contributed by atoms with Crippen LogP contribution in [-0.2, 0) is 0 Å². The van der Waals surface area contributed by atoms with Gasteiger partial charge in [-0.15, -0.1) is 22.7 Å². The number of carbonyl (C=O) groups is 1. The zero-order valence-corrected chi connectivity index (χ0v) is 17.7. The summed E-state index contributed by atoms with van der Waals surface area (Å²) in [4.78, 5) is 30.1. The van der Waals surface area contributed by atoms with E-state index in [9.17, 15) is 4.79 Å². The first-order valence-electron chi connectivity index (χ1n) is 8.85. The number of benzene rings is 1. The number of carbonyl (C=O) groups excluding carboxylic acids is 1. The minimum Gasteiger partial charge on any atom is -0.321 e. The van der Waals surface area contributed by atoms with Crippen LogP contribution in [0.4, 0.5) is 16.8 Å². The maximum atomic E-state index is 12.6. The smallest absolute Gasteiger partial charge is 0.275 e. The quantitative estimate of drug-likeness (QED) is 0.471. The van der Waals surface area contributed by atoms with Gasteiger partial charge in [0.15, 0.2) is 5.13 Å². The minimum atomic E-state index is -0.276. The number of aromatic nitrogens is 4. The van der Waals surface area contributed by atoms with Crippen molar-refractivity contribution in [2.75, 3.05) is 10.6 Å². The Morgan fingerprint density at radius 1 is 0.931 bits per heavy atom. The zero-order valence-electron chi connectivity index (χ0n) is 16.1. The van der Waals surface area contributed by atoms with Gasteiger partial charge < -0.3 is 10.6 Å². The lowest BCUT2D eigenvalue weighted by molar-refractivity contribution is 0.102. The molecule has 146 valence electrons. The number of rotatable bonds is 5. The van der Waals surface area contributed by atoms with Gasteiger partial charge in [-0.25, -0.2) is 19.9 Å². The molecular weight excluding hydrogens is 404 g/mol. The van der Waals surface area contributed by atoms with Gasteiger partial charge in [0.2, 0.25) is 5.95 Å². The summed E-state index contributed by atoms with van der Waals surface area (Å²) in [7, 11) is 0. The van der Waals surface area contributed by atoms with Crippen molar-refractivity contribution in [1.29, 1.82) is 0 Å². The third-order valence-corrected chi connectivity index (χ3v) is 5.50. The maximum Gasteiger partial charge on any atom is 0.275 e. The van der Waals surface area contributed by atoms with Crippen LogP contribution in [-0.4, -0.2) is 25.8 Å². The maximum absolute atomic E-state index is 12.6. The van der Waals surface area contributed by atoms with Crippen LogP contribution in [0.5, 0.6) is 0 Å². The summed E-state index contributed by atoms with van der Waals surface area (Å²) in [5, 5.41) is 11.2.